The molecule has 0 aliphatic heterocycles. The molecule has 0 saturated carbocycles. The van der Waals surface area contributed by atoms with E-state index >= 15 is 0 Å². The summed E-state index contributed by atoms with van der Waals surface area (Å²) in [6, 6.07) is 10.4. The minimum absolute atomic E-state index is 0. The smallest absolute Gasteiger partial charge is 0.191 e. The third-order valence-corrected chi connectivity index (χ3v) is 3.17. The summed E-state index contributed by atoms with van der Waals surface area (Å²) in [5.41, 5.74) is 1.56. The summed E-state index contributed by atoms with van der Waals surface area (Å²) in [4.78, 5) is 4.43. The van der Waals surface area contributed by atoms with Gasteiger partial charge >= 0.3 is 0 Å². The van der Waals surface area contributed by atoms with Crippen molar-refractivity contribution in [3.8, 4) is 0 Å². The first kappa shape index (κ1) is 20.2. The van der Waals surface area contributed by atoms with E-state index in [1.165, 1.54) is 6.07 Å². The maximum Gasteiger partial charge on any atom is 0.191 e. The van der Waals surface area contributed by atoms with Crippen molar-refractivity contribution in [1.82, 2.24) is 10.6 Å². The van der Waals surface area contributed by atoms with Gasteiger partial charge in [-0.1, -0.05) is 30.4 Å². The molecule has 2 aromatic rings. The predicted molar refractivity (Wildman–Crippen MR) is 106 cm³/mol. The van der Waals surface area contributed by atoms with Crippen LogP contribution in [0.1, 0.15) is 18.2 Å². The maximum absolute atomic E-state index is 13.7. The second-order valence-corrected chi connectivity index (χ2v) is 5.32. The zero-order valence-corrected chi connectivity index (χ0v) is 16.0. The van der Waals surface area contributed by atoms with Gasteiger partial charge in [0, 0.05) is 25.1 Å². The zero-order valence-electron chi connectivity index (χ0n) is 13.7. The summed E-state index contributed by atoms with van der Waals surface area (Å²) in [7, 11) is 0. The van der Waals surface area contributed by atoms with E-state index < -0.39 is 0 Å². The van der Waals surface area contributed by atoms with Crippen molar-refractivity contribution in [2.45, 2.75) is 19.9 Å². The lowest BCUT2D eigenvalue weighted by Crippen LogP contribution is -2.39. The zero-order chi connectivity index (χ0) is 16.5. The Labute approximate surface area is 159 Å². The summed E-state index contributed by atoms with van der Waals surface area (Å²) < 4.78 is 18.9. The standard InChI is InChI=1S/C18H22FN3O.HI/c1-14(2)12-21-18(20-10-9-16-7-5-11-23-16)22-13-15-6-3-4-8-17(15)19;/h3-8,11H,1,9-10,12-13H2,2H3,(H2,20,21,22);1H. The molecular formula is C18H23FIN3O. The van der Waals surface area contributed by atoms with Gasteiger partial charge in [0.15, 0.2) is 5.96 Å². The van der Waals surface area contributed by atoms with E-state index in [9.17, 15) is 4.39 Å². The number of guanidine groups is 1. The highest BCUT2D eigenvalue weighted by molar-refractivity contribution is 14.0. The topological polar surface area (TPSA) is 49.6 Å². The number of nitrogens with zero attached hydrogens (tertiary/aromatic N) is 1. The number of halogens is 2. The third kappa shape index (κ3) is 7.16. The molecule has 4 nitrogen and oxygen atoms in total. The molecule has 0 saturated heterocycles. The predicted octanol–water partition coefficient (Wildman–Crippen LogP) is 3.89. The van der Waals surface area contributed by atoms with Crippen LogP contribution in [0, 0.1) is 5.82 Å². The molecule has 0 fully saturated rings. The highest BCUT2D eigenvalue weighted by Gasteiger charge is 2.03. The van der Waals surface area contributed by atoms with Crippen LogP contribution < -0.4 is 10.6 Å². The second-order valence-electron chi connectivity index (χ2n) is 5.32. The van der Waals surface area contributed by atoms with E-state index in [2.05, 4.69) is 22.2 Å². The first-order valence-electron chi connectivity index (χ1n) is 7.57. The number of furan rings is 1. The van der Waals surface area contributed by atoms with Gasteiger partial charge < -0.3 is 15.1 Å². The Hall–Kier alpha value is -1.83. The fourth-order valence-electron chi connectivity index (χ4n) is 1.96. The molecule has 0 aliphatic rings. The molecule has 0 spiro atoms. The Bertz CT molecular complexity index is 656. The third-order valence-electron chi connectivity index (χ3n) is 3.17. The Morgan fingerprint density at radius 2 is 2.00 bits per heavy atom. The van der Waals surface area contributed by atoms with Gasteiger partial charge in [0.1, 0.15) is 11.6 Å². The monoisotopic (exact) mass is 443 g/mol. The minimum Gasteiger partial charge on any atom is -0.469 e. The van der Waals surface area contributed by atoms with E-state index in [4.69, 9.17) is 4.42 Å². The largest absolute Gasteiger partial charge is 0.469 e. The number of benzene rings is 1. The van der Waals surface area contributed by atoms with Gasteiger partial charge in [-0.05, 0) is 25.1 Å². The summed E-state index contributed by atoms with van der Waals surface area (Å²) in [6.45, 7) is 7.36. The highest BCUT2D eigenvalue weighted by atomic mass is 127. The van der Waals surface area contributed by atoms with Gasteiger partial charge in [0.2, 0.25) is 0 Å². The molecule has 0 unspecified atom stereocenters. The fraction of sp³-hybridized carbons (Fsp3) is 0.278. The molecular weight excluding hydrogens is 420 g/mol. The van der Waals surface area contributed by atoms with Crippen LogP contribution in [-0.2, 0) is 13.0 Å². The summed E-state index contributed by atoms with van der Waals surface area (Å²) in [5.74, 6) is 1.29. The van der Waals surface area contributed by atoms with Crippen molar-refractivity contribution in [3.05, 3.63) is 72.0 Å². The van der Waals surface area contributed by atoms with Crippen molar-refractivity contribution in [3.63, 3.8) is 0 Å². The molecule has 6 heteroatoms. The molecule has 0 bridgehead atoms. The van der Waals surface area contributed by atoms with E-state index in [0.29, 0.717) is 24.6 Å². The number of hydrogen-bond donors (Lipinski definition) is 2. The van der Waals surface area contributed by atoms with Gasteiger partial charge in [0.05, 0.1) is 12.8 Å². The average Bonchev–Trinajstić information content (AvgIpc) is 3.04. The molecule has 1 aromatic carbocycles. The lowest BCUT2D eigenvalue weighted by molar-refractivity contribution is 0.507. The molecule has 2 rings (SSSR count). The van der Waals surface area contributed by atoms with Crippen molar-refractivity contribution in [1.29, 1.82) is 0 Å². The number of nitrogens with one attached hydrogen (secondary N) is 2. The van der Waals surface area contributed by atoms with Crippen LogP contribution in [0.25, 0.3) is 0 Å². The first-order valence-corrected chi connectivity index (χ1v) is 7.57. The summed E-state index contributed by atoms with van der Waals surface area (Å²) >= 11 is 0. The average molecular weight is 443 g/mol. The van der Waals surface area contributed by atoms with Gasteiger partial charge in [0.25, 0.3) is 0 Å². The van der Waals surface area contributed by atoms with Crippen LogP contribution in [0.15, 0.2) is 64.2 Å². The van der Waals surface area contributed by atoms with Crippen molar-refractivity contribution in [2.24, 2.45) is 4.99 Å². The lowest BCUT2D eigenvalue weighted by atomic mass is 10.2. The highest BCUT2D eigenvalue weighted by Crippen LogP contribution is 2.07. The molecule has 0 aliphatic carbocycles. The molecule has 1 aromatic heterocycles. The Balaban J connectivity index is 0.00000288. The Kier molecular flexibility index (Phi) is 9.14. The molecule has 130 valence electrons. The van der Waals surface area contributed by atoms with Gasteiger partial charge in [-0.3, -0.25) is 0 Å². The lowest BCUT2D eigenvalue weighted by Gasteiger charge is -2.12. The van der Waals surface area contributed by atoms with Crippen molar-refractivity contribution >= 4 is 29.9 Å². The van der Waals surface area contributed by atoms with Crippen molar-refractivity contribution < 1.29 is 8.81 Å². The molecule has 0 radical (unpaired) electrons. The second kappa shape index (κ2) is 10.9. The van der Waals surface area contributed by atoms with Gasteiger partial charge in [-0.2, -0.15) is 0 Å². The van der Waals surface area contributed by atoms with Gasteiger partial charge in [-0.25, -0.2) is 9.38 Å². The van der Waals surface area contributed by atoms with E-state index in [1.807, 2.05) is 19.1 Å². The van der Waals surface area contributed by atoms with Crippen LogP contribution in [0.2, 0.25) is 0 Å². The number of aliphatic imine (C=N–C) groups is 1. The quantitative estimate of drug-likeness (QED) is 0.296. The van der Waals surface area contributed by atoms with Crippen LogP contribution in [0.4, 0.5) is 4.39 Å². The summed E-state index contributed by atoms with van der Waals surface area (Å²) in [5, 5.41) is 6.39. The normalized spacial score (nSPS) is 10.8. The molecule has 1 heterocycles. The molecule has 0 atom stereocenters. The molecule has 0 amide bonds. The minimum atomic E-state index is -0.244. The number of hydrogen-bond acceptors (Lipinski definition) is 2. The summed E-state index contributed by atoms with van der Waals surface area (Å²) in [6.07, 6.45) is 2.41. The van der Waals surface area contributed by atoms with Crippen LogP contribution >= 0.6 is 24.0 Å². The molecule has 2 N–H and O–H groups in total. The van der Waals surface area contributed by atoms with Crippen LogP contribution in [0.3, 0.4) is 0 Å². The fourth-order valence-corrected chi connectivity index (χ4v) is 1.96. The Morgan fingerprint density at radius 3 is 2.67 bits per heavy atom. The van der Waals surface area contributed by atoms with Crippen LogP contribution in [0.5, 0.6) is 0 Å². The van der Waals surface area contributed by atoms with Crippen LogP contribution in [-0.4, -0.2) is 19.0 Å². The first-order chi connectivity index (χ1) is 11.1. The van der Waals surface area contributed by atoms with E-state index in [-0.39, 0.29) is 36.3 Å². The van der Waals surface area contributed by atoms with E-state index in [0.717, 1.165) is 17.8 Å². The Morgan fingerprint density at radius 1 is 1.21 bits per heavy atom. The van der Waals surface area contributed by atoms with E-state index in [1.54, 1.807) is 24.5 Å². The SMILES string of the molecule is C=C(C)CNC(=NCc1ccccc1F)NCCc1ccco1.I. The molecule has 24 heavy (non-hydrogen) atoms. The maximum atomic E-state index is 13.7. The van der Waals surface area contributed by atoms with Crippen molar-refractivity contribution in [2.75, 3.05) is 13.1 Å². The number of rotatable bonds is 7. The van der Waals surface area contributed by atoms with Gasteiger partial charge in [-0.15, -0.1) is 24.0 Å².